The predicted octanol–water partition coefficient (Wildman–Crippen LogP) is 1.97. The molecule has 0 atom stereocenters. The first-order valence-corrected chi connectivity index (χ1v) is 6.60. The van der Waals surface area contributed by atoms with E-state index < -0.39 is 0 Å². The second-order valence-corrected chi connectivity index (χ2v) is 5.10. The van der Waals surface area contributed by atoms with Gasteiger partial charge in [-0.05, 0) is 33.9 Å². The van der Waals surface area contributed by atoms with Gasteiger partial charge in [0, 0.05) is 32.7 Å². The van der Waals surface area contributed by atoms with Crippen molar-refractivity contribution in [3.63, 3.8) is 0 Å². The first kappa shape index (κ1) is 16.2. The Bertz CT molecular complexity index is 213. The topological polar surface area (TPSA) is 26.8 Å². The van der Waals surface area contributed by atoms with Crippen LogP contribution >= 0.6 is 0 Å². The van der Waals surface area contributed by atoms with E-state index >= 15 is 0 Å². The molecule has 2 amide bonds. The standard InChI is InChI=1S/C13H29N3O/c1-7-15(8-2)13(17)16(11-12(3)4)10-9-14(5)6/h12H,7-11H2,1-6H3. The minimum atomic E-state index is 0.172. The first-order chi connectivity index (χ1) is 7.92. The fourth-order valence-corrected chi connectivity index (χ4v) is 1.72. The molecule has 0 saturated heterocycles. The van der Waals surface area contributed by atoms with E-state index in [1.165, 1.54) is 0 Å². The molecular weight excluding hydrogens is 214 g/mol. The van der Waals surface area contributed by atoms with E-state index in [9.17, 15) is 4.79 Å². The van der Waals surface area contributed by atoms with Crippen molar-refractivity contribution in [1.29, 1.82) is 0 Å². The normalized spacial score (nSPS) is 11.1. The van der Waals surface area contributed by atoms with Gasteiger partial charge < -0.3 is 14.7 Å². The van der Waals surface area contributed by atoms with Crippen molar-refractivity contribution in [1.82, 2.24) is 14.7 Å². The SMILES string of the molecule is CCN(CC)C(=O)N(CCN(C)C)CC(C)C. The lowest BCUT2D eigenvalue weighted by Crippen LogP contribution is -2.46. The minimum absolute atomic E-state index is 0.172. The molecule has 0 aliphatic heterocycles. The molecule has 0 saturated carbocycles. The molecule has 0 radical (unpaired) electrons. The molecule has 17 heavy (non-hydrogen) atoms. The summed E-state index contributed by atoms with van der Waals surface area (Å²) in [4.78, 5) is 18.3. The summed E-state index contributed by atoms with van der Waals surface area (Å²) in [5.41, 5.74) is 0. The molecule has 0 bridgehead atoms. The summed E-state index contributed by atoms with van der Waals surface area (Å²) in [6.45, 7) is 12.5. The van der Waals surface area contributed by atoms with Gasteiger partial charge in [-0.3, -0.25) is 0 Å². The number of nitrogens with zero attached hydrogens (tertiary/aromatic N) is 3. The van der Waals surface area contributed by atoms with Crippen LogP contribution in [0.4, 0.5) is 4.79 Å². The highest BCUT2D eigenvalue weighted by Gasteiger charge is 2.19. The third kappa shape index (κ3) is 6.51. The van der Waals surface area contributed by atoms with Crippen LogP contribution in [0.2, 0.25) is 0 Å². The van der Waals surface area contributed by atoms with Gasteiger partial charge >= 0.3 is 6.03 Å². The average molecular weight is 243 g/mol. The third-order valence-corrected chi connectivity index (χ3v) is 2.71. The largest absolute Gasteiger partial charge is 0.325 e. The lowest BCUT2D eigenvalue weighted by Gasteiger charge is -2.31. The highest BCUT2D eigenvalue weighted by atomic mass is 16.2. The van der Waals surface area contributed by atoms with Gasteiger partial charge in [0.25, 0.3) is 0 Å². The molecule has 4 nitrogen and oxygen atoms in total. The van der Waals surface area contributed by atoms with E-state index in [0.717, 1.165) is 32.7 Å². The van der Waals surface area contributed by atoms with E-state index in [2.05, 4.69) is 18.7 Å². The van der Waals surface area contributed by atoms with Gasteiger partial charge in [0.15, 0.2) is 0 Å². The van der Waals surface area contributed by atoms with E-state index in [0.29, 0.717) is 5.92 Å². The number of hydrogen-bond donors (Lipinski definition) is 0. The molecule has 0 aromatic rings. The lowest BCUT2D eigenvalue weighted by atomic mass is 10.2. The smallest absolute Gasteiger partial charge is 0.320 e. The summed E-state index contributed by atoms with van der Waals surface area (Å²) in [7, 11) is 4.07. The van der Waals surface area contributed by atoms with Gasteiger partial charge in [0.1, 0.15) is 0 Å². The van der Waals surface area contributed by atoms with Crippen LogP contribution < -0.4 is 0 Å². The highest BCUT2D eigenvalue weighted by molar-refractivity contribution is 5.74. The molecule has 0 aromatic heterocycles. The van der Waals surface area contributed by atoms with Crippen LogP contribution in [0.25, 0.3) is 0 Å². The van der Waals surface area contributed by atoms with Crippen LogP contribution in [0.5, 0.6) is 0 Å². The molecule has 0 aliphatic rings. The molecule has 102 valence electrons. The Hall–Kier alpha value is -0.770. The molecule has 4 heteroatoms. The number of likely N-dealkylation sites (N-methyl/N-ethyl adjacent to an activating group) is 1. The van der Waals surface area contributed by atoms with E-state index in [1.54, 1.807) is 0 Å². The Balaban J connectivity index is 4.48. The average Bonchev–Trinajstić information content (AvgIpc) is 2.25. The maximum absolute atomic E-state index is 12.3. The molecule has 0 spiro atoms. The molecule has 0 heterocycles. The van der Waals surface area contributed by atoms with Gasteiger partial charge in [0.05, 0.1) is 0 Å². The summed E-state index contributed by atoms with van der Waals surface area (Å²) >= 11 is 0. The summed E-state index contributed by atoms with van der Waals surface area (Å²) in [5.74, 6) is 0.511. The molecule has 0 aromatic carbocycles. The highest BCUT2D eigenvalue weighted by Crippen LogP contribution is 2.04. The van der Waals surface area contributed by atoms with Crippen molar-refractivity contribution in [3.05, 3.63) is 0 Å². The summed E-state index contributed by atoms with van der Waals surface area (Å²) in [6, 6.07) is 0.172. The Morgan fingerprint density at radius 3 is 1.88 bits per heavy atom. The van der Waals surface area contributed by atoms with Crippen LogP contribution in [-0.4, -0.2) is 67.5 Å². The summed E-state index contributed by atoms with van der Waals surface area (Å²) in [6.07, 6.45) is 0. The Morgan fingerprint density at radius 2 is 1.53 bits per heavy atom. The van der Waals surface area contributed by atoms with Crippen LogP contribution in [0.15, 0.2) is 0 Å². The van der Waals surface area contributed by atoms with Gasteiger partial charge in [-0.2, -0.15) is 0 Å². The molecule has 0 N–H and O–H groups in total. The van der Waals surface area contributed by atoms with Crippen LogP contribution in [0.1, 0.15) is 27.7 Å². The zero-order valence-electron chi connectivity index (χ0n) is 12.4. The number of hydrogen-bond acceptors (Lipinski definition) is 2. The molecule has 0 aliphatic carbocycles. The lowest BCUT2D eigenvalue weighted by molar-refractivity contribution is 0.147. The Kier molecular flexibility index (Phi) is 7.96. The number of urea groups is 1. The van der Waals surface area contributed by atoms with E-state index in [-0.39, 0.29) is 6.03 Å². The van der Waals surface area contributed by atoms with Crippen LogP contribution in [0.3, 0.4) is 0 Å². The molecular formula is C13H29N3O. The number of amides is 2. The van der Waals surface area contributed by atoms with E-state index in [1.807, 2.05) is 37.7 Å². The monoisotopic (exact) mass is 243 g/mol. The van der Waals surface area contributed by atoms with Gasteiger partial charge in [-0.15, -0.1) is 0 Å². The Labute approximate surface area is 107 Å². The number of carbonyl (C=O) groups is 1. The molecule has 0 rings (SSSR count). The summed E-state index contributed by atoms with van der Waals surface area (Å²) < 4.78 is 0. The number of carbonyl (C=O) groups excluding carboxylic acids is 1. The quantitative estimate of drug-likeness (QED) is 0.683. The summed E-state index contributed by atoms with van der Waals surface area (Å²) in [5, 5.41) is 0. The van der Waals surface area contributed by atoms with E-state index in [4.69, 9.17) is 0 Å². The fourth-order valence-electron chi connectivity index (χ4n) is 1.72. The van der Waals surface area contributed by atoms with Crippen molar-refractivity contribution < 1.29 is 4.79 Å². The maximum Gasteiger partial charge on any atom is 0.320 e. The molecule has 0 unspecified atom stereocenters. The minimum Gasteiger partial charge on any atom is -0.325 e. The van der Waals surface area contributed by atoms with Gasteiger partial charge in [-0.1, -0.05) is 13.8 Å². The van der Waals surface area contributed by atoms with Crippen molar-refractivity contribution in [2.24, 2.45) is 5.92 Å². The van der Waals surface area contributed by atoms with Gasteiger partial charge in [-0.25, -0.2) is 4.79 Å². The first-order valence-electron chi connectivity index (χ1n) is 6.60. The predicted molar refractivity (Wildman–Crippen MR) is 73.3 cm³/mol. The zero-order valence-corrected chi connectivity index (χ0v) is 12.4. The Morgan fingerprint density at radius 1 is 1.00 bits per heavy atom. The second-order valence-electron chi connectivity index (χ2n) is 5.10. The maximum atomic E-state index is 12.3. The third-order valence-electron chi connectivity index (χ3n) is 2.71. The number of rotatable bonds is 7. The van der Waals surface area contributed by atoms with Crippen molar-refractivity contribution >= 4 is 6.03 Å². The zero-order chi connectivity index (χ0) is 13.4. The second kappa shape index (κ2) is 8.34. The van der Waals surface area contributed by atoms with Gasteiger partial charge in [0.2, 0.25) is 0 Å². The fraction of sp³-hybridized carbons (Fsp3) is 0.923. The van der Waals surface area contributed by atoms with Crippen molar-refractivity contribution in [2.75, 3.05) is 46.8 Å². The van der Waals surface area contributed by atoms with Crippen molar-refractivity contribution in [3.8, 4) is 0 Å². The van der Waals surface area contributed by atoms with Crippen molar-refractivity contribution in [2.45, 2.75) is 27.7 Å². The molecule has 0 fully saturated rings. The van der Waals surface area contributed by atoms with Crippen LogP contribution in [0, 0.1) is 5.92 Å². The van der Waals surface area contributed by atoms with Crippen LogP contribution in [-0.2, 0) is 0 Å².